The summed E-state index contributed by atoms with van der Waals surface area (Å²) < 4.78 is 0. The Morgan fingerprint density at radius 1 is 1.56 bits per heavy atom. The summed E-state index contributed by atoms with van der Waals surface area (Å²) >= 11 is 0. The van der Waals surface area contributed by atoms with Crippen molar-refractivity contribution in [2.24, 2.45) is 16.1 Å². The lowest BCUT2D eigenvalue weighted by Gasteiger charge is -2.46. The number of nitrogens with one attached hydrogen (secondary N) is 1. The van der Waals surface area contributed by atoms with E-state index in [-0.39, 0.29) is 41.5 Å². The number of hydrogen-bond donors (Lipinski definition) is 3. The van der Waals surface area contributed by atoms with Crippen LogP contribution in [0.3, 0.4) is 0 Å². The first kappa shape index (κ1) is 15.2. The molecule has 6 heteroatoms. The van der Waals surface area contributed by atoms with Crippen molar-refractivity contribution >= 4 is 35.8 Å². The van der Waals surface area contributed by atoms with Crippen molar-refractivity contribution in [2.75, 3.05) is 5.32 Å². The summed E-state index contributed by atoms with van der Waals surface area (Å²) in [7, 11) is 0. The van der Waals surface area contributed by atoms with Crippen LogP contribution >= 0.6 is 24.0 Å². The molecule has 1 aliphatic carbocycles. The Kier molecular flexibility index (Phi) is 4.92. The van der Waals surface area contributed by atoms with Gasteiger partial charge < -0.3 is 16.2 Å². The predicted octanol–water partition coefficient (Wildman–Crippen LogP) is 1.59. The van der Waals surface area contributed by atoms with Gasteiger partial charge in [-0.3, -0.25) is 0 Å². The summed E-state index contributed by atoms with van der Waals surface area (Å²) in [4.78, 5) is 8.46. The van der Waals surface area contributed by atoms with Gasteiger partial charge in [-0.05, 0) is 18.6 Å². The summed E-state index contributed by atoms with van der Waals surface area (Å²) in [5, 5.41) is 12.5. The van der Waals surface area contributed by atoms with Crippen molar-refractivity contribution in [1.82, 2.24) is 4.98 Å². The standard InChI is InChI=1S/C12H18N4O.HI/c1-12(2)8(7-9(12)17)15-11(13)16-10-5-3-4-6-14-10;/h3-6,8-9,17H,7H2,1-2H3,(H3,13,14,15,16);1H. The fraction of sp³-hybridized carbons (Fsp3) is 0.500. The lowest BCUT2D eigenvalue weighted by Crippen LogP contribution is -2.53. The maximum atomic E-state index is 9.61. The highest BCUT2D eigenvalue weighted by atomic mass is 127. The second-order valence-corrected chi connectivity index (χ2v) is 4.94. The first-order valence-corrected chi connectivity index (χ1v) is 5.69. The number of aromatic nitrogens is 1. The van der Waals surface area contributed by atoms with Gasteiger partial charge in [0.15, 0.2) is 5.96 Å². The first-order chi connectivity index (χ1) is 8.00. The van der Waals surface area contributed by atoms with Gasteiger partial charge in [0.25, 0.3) is 0 Å². The molecule has 1 aromatic heterocycles. The molecule has 5 nitrogen and oxygen atoms in total. The molecule has 1 saturated carbocycles. The Morgan fingerprint density at radius 3 is 2.78 bits per heavy atom. The fourth-order valence-electron chi connectivity index (χ4n) is 1.87. The Morgan fingerprint density at radius 2 is 2.28 bits per heavy atom. The number of aliphatic imine (C=N–C) groups is 1. The lowest BCUT2D eigenvalue weighted by molar-refractivity contribution is -0.0576. The van der Waals surface area contributed by atoms with Gasteiger partial charge in [0, 0.05) is 11.6 Å². The van der Waals surface area contributed by atoms with Crippen LogP contribution in [-0.2, 0) is 0 Å². The Labute approximate surface area is 124 Å². The van der Waals surface area contributed by atoms with Crippen molar-refractivity contribution in [1.29, 1.82) is 0 Å². The van der Waals surface area contributed by atoms with Gasteiger partial charge in [0.2, 0.25) is 0 Å². The van der Waals surface area contributed by atoms with Gasteiger partial charge in [-0.25, -0.2) is 9.98 Å². The van der Waals surface area contributed by atoms with Gasteiger partial charge in [-0.1, -0.05) is 19.9 Å². The van der Waals surface area contributed by atoms with Gasteiger partial charge in [0.05, 0.1) is 12.1 Å². The van der Waals surface area contributed by atoms with Gasteiger partial charge in [-0.15, -0.1) is 24.0 Å². The summed E-state index contributed by atoms with van der Waals surface area (Å²) in [6.07, 6.45) is 2.06. The molecule has 1 fully saturated rings. The van der Waals surface area contributed by atoms with Crippen molar-refractivity contribution in [3.8, 4) is 0 Å². The minimum absolute atomic E-state index is 0. The molecule has 18 heavy (non-hydrogen) atoms. The number of anilines is 1. The summed E-state index contributed by atoms with van der Waals surface area (Å²) in [5.74, 6) is 1.01. The van der Waals surface area contributed by atoms with E-state index in [9.17, 15) is 5.11 Å². The number of aliphatic hydroxyl groups excluding tert-OH is 1. The molecule has 0 spiro atoms. The monoisotopic (exact) mass is 362 g/mol. The van der Waals surface area contributed by atoms with E-state index < -0.39 is 0 Å². The molecule has 4 N–H and O–H groups in total. The number of rotatable bonds is 2. The molecule has 0 bridgehead atoms. The smallest absolute Gasteiger partial charge is 0.194 e. The molecular weight excluding hydrogens is 343 g/mol. The topological polar surface area (TPSA) is 83.5 Å². The van der Waals surface area contributed by atoms with Crippen LogP contribution in [0.5, 0.6) is 0 Å². The van der Waals surface area contributed by atoms with Gasteiger partial charge in [-0.2, -0.15) is 0 Å². The molecule has 0 aromatic carbocycles. The molecule has 1 aromatic rings. The molecule has 0 aliphatic heterocycles. The van der Waals surface area contributed by atoms with Crippen LogP contribution < -0.4 is 11.1 Å². The molecule has 0 radical (unpaired) electrons. The average molecular weight is 362 g/mol. The SMILES string of the molecule is CC1(C)C(O)CC1N=C(N)Nc1ccccn1.I. The minimum Gasteiger partial charge on any atom is -0.392 e. The Balaban J connectivity index is 0.00000162. The molecule has 1 heterocycles. The summed E-state index contributed by atoms with van der Waals surface area (Å²) in [6.45, 7) is 3.98. The number of pyridine rings is 1. The molecule has 0 amide bonds. The van der Waals surface area contributed by atoms with E-state index in [0.29, 0.717) is 18.2 Å². The third kappa shape index (κ3) is 3.11. The van der Waals surface area contributed by atoms with Crippen molar-refractivity contribution in [3.63, 3.8) is 0 Å². The van der Waals surface area contributed by atoms with E-state index >= 15 is 0 Å². The number of halogens is 1. The quantitative estimate of drug-likeness (QED) is 0.424. The van der Waals surface area contributed by atoms with Gasteiger partial charge >= 0.3 is 0 Å². The van der Waals surface area contributed by atoms with Crippen LogP contribution in [0.4, 0.5) is 5.82 Å². The second kappa shape index (κ2) is 5.83. The van der Waals surface area contributed by atoms with Crippen molar-refractivity contribution in [3.05, 3.63) is 24.4 Å². The molecule has 100 valence electrons. The highest BCUT2D eigenvalue weighted by molar-refractivity contribution is 14.0. The van der Waals surface area contributed by atoms with Crippen LogP contribution in [0, 0.1) is 5.41 Å². The molecule has 2 unspecified atom stereocenters. The third-order valence-corrected chi connectivity index (χ3v) is 3.38. The number of guanidine groups is 1. The van der Waals surface area contributed by atoms with Crippen molar-refractivity contribution < 1.29 is 5.11 Å². The summed E-state index contributed by atoms with van der Waals surface area (Å²) in [6, 6.07) is 5.60. The van der Waals surface area contributed by atoms with Crippen LogP contribution in [0.15, 0.2) is 29.4 Å². The first-order valence-electron chi connectivity index (χ1n) is 5.69. The maximum Gasteiger partial charge on any atom is 0.194 e. The Bertz CT molecular complexity index is 421. The molecular formula is C12H19IN4O. The second-order valence-electron chi connectivity index (χ2n) is 4.94. The van der Waals surface area contributed by atoms with E-state index in [1.807, 2.05) is 32.0 Å². The zero-order valence-electron chi connectivity index (χ0n) is 10.5. The Hall–Kier alpha value is -0.890. The van der Waals surface area contributed by atoms with Crippen LogP contribution in [0.1, 0.15) is 20.3 Å². The minimum atomic E-state index is -0.293. The van der Waals surface area contributed by atoms with E-state index in [4.69, 9.17) is 5.73 Å². The number of nitrogens with zero attached hydrogens (tertiary/aromatic N) is 2. The van der Waals surface area contributed by atoms with Gasteiger partial charge in [0.1, 0.15) is 5.82 Å². The number of nitrogens with two attached hydrogens (primary N) is 1. The highest BCUT2D eigenvalue weighted by Gasteiger charge is 2.47. The molecule has 1 aliphatic rings. The normalized spacial score (nSPS) is 25.8. The maximum absolute atomic E-state index is 9.61. The zero-order chi connectivity index (χ0) is 12.5. The molecule has 2 atom stereocenters. The fourth-order valence-corrected chi connectivity index (χ4v) is 1.87. The third-order valence-electron chi connectivity index (χ3n) is 3.38. The van der Waals surface area contributed by atoms with Crippen molar-refractivity contribution in [2.45, 2.75) is 32.4 Å². The number of hydrogen-bond acceptors (Lipinski definition) is 3. The lowest BCUT2D eigenvalue weighted by atomic mass is 9.65. The van der Waals surface area contributed by atoms with E-state index in [1.54, 1.807) is 6.20 Å². The number of aliphatic hydroxyl groups is 1. The average Bonchev–Trinajstić information content (AvgIpc) is 2.30. The van der Waals surface area contributed by atoms with Crippen LogP contribution in [0.2, 0.25) is 0 Å². The van der Waals surface area contributed by atoms with E-state index in [0.717, 1.165) is 0 Å². The zero-order valence-corrected chi connectivity index (χ0v) is 12.8. The van der Waals surface area contributed by atoms with E-state index in [2.05, 4.69) is 15.3 Å². The highest BCUT2D eigenvalue weighted by Crippen LogP contribution is 2.42. The largest absolute Gasteiger partial charge is 0.392 e. The van der Waals surface area contributed by atoms with E-state index in [1.165, 1.54) is 0 Å². The molecule has 0 saturated heterocycles. The predicted molar refractivity (Wildman–Crippen MR) is 83.1 cm³/mol. The molecule has 2 rings (SSSR count). The van der Waals surface area contributed by atoms with Crippen LogP contribution in [0.25, 0.3) is 0 Å². The summed E-state index contributed by atoms with van der Waals surface area (Å²) in [5.41, 5.74) is 5.60. The van der Waals surface area contributed by atoms with Crippen LogP contribution in [-0.4, -0.2) is 28.2 Å².